The predicted octanol–water partition coefficient (Wildman–Crippen LogP) is 3.70. The summed E-state index contributed by atoms with van der Waals surface area (Å²) in [6.07, 6.45) is 2.99. The molecule has 1 aromatic carbocycles. The number of fused-ring (bicyclic) bond motifs is 5. The first-order chi connectivity index (χ1) is 25.4. The molecule has 9 atom stereocenters. The molecular formula is C38H47FN2O13. The number of ketones is 2. The van der Waals surface area contributed by atoms with Crippen LogP contribution in [0.4, 0.5) is 9.18 Å². The number of ether oxygens (including phenoxy) is 3. The number of carbonyl (C=O) groups is 5. The second-order valence-corrected chi connectivity index (χ2v) is 15.3. The van der Waals surface area contributed by atoms with Crippen molar-refractivity contribution in [2.75, 3.05) is 19.8 Å². The molecule has 4 aliphatic carbocycles. The molecule has 2 fully saturated rings. The minimum atomic E-state index is -2.13. The van der Waals surface area contributed by atoms with Gasteiger partial charge in [-0.15, -0.1) is 10.1 Å². The van der Waals surface area contributed by atoms with Crippen molar-refractivity contribution in [2.24, 2.45) is 28.6 Å². The Hall–Kier alpha value is -4.70. The first kappa shape index (κ1) is 40.5. The van der Waals surface area contributed by atoms with Crippen LogP contribution in [0.5, 0.6) is 5.75 Å². The second kappa shape index (κ2) is 15.6. The van der Waals surface area contributed by atoms with E-state index in [0.717, 1.165) is 0 Å². The van der Waals surface area contributed by atoms with Crippen molar-refractivity contribution >= 4 is 29.6 Å². The van der Waals surface area contributed by atoms with E-state index in [1.807, 2.05) is 6.08 Å². The number of esters is 1. The summed E-state index contributed by atoms with van der Waals surface area (Å²) in [5.74, 6) is -3.98. The molecule has 0 aromatic heterocycles. The van der Waals surface area contributed by atoms with Crippen molar-refractivity contribution in [3.8, 4) is 5.75 Å². The zero-order chi connectivity index (χ0) is 39.6. The number of alkyl halides is 1. The molecule has 294 valence electrons. The zero-order valence-corrected chi connectivity index (χ0v) is 30.7. The van der Waals surface area contributed by atoms with E-state index in [9.17, 15) is 44.3 Å². The number of unbranched alkanes of at least 4 members (excludes halogenated alkanes) is 1. The third-order valence-corrected chi connectivity index (χ3v) is 12.1. The normalized spacial score (nSPS) is 32.9. The molecule has 1 amide bonds. The highest BCUT2D eigenvalue weighted by atomic mass is 19.1. The number of amides is 1. The lowest BCUT2D eigenvalue weighted by Gasteiger charge is -2.62. The Labute approximate surface area is 311 Å². The third kappa shape index (κ3) is 7.37. The summed E-state index contributed by atoms with van der Waals surface area (Å²) in [7, 11) is 0. The summed E-state index contributed by atoms with van der Waals surface area (Å²) in [6, 6.07) is 4.87. The largest absolute Gasteiger partial charge is 0.514 e. The summed E-state index contributed by atoms with van der Waals surface area (Å²) in [4.78, 5) is 77.3. The lowest BCUT2D eigenvalue weighted by molar-refractivity contribution is -0.757. The van der Waals surface area contributed by atoms with E-state index in [1.54, 1.807) is 32.9 Å². The number of allylic oxidation sites excluding steroid dienone is 4. The summed E-state index contributed by atoms with van der Waals surface area (Å²) in [5.41, 5.74) is -5.46. The van der Waals surface area contributed by atoms with Gasteiger partial charge in [0.05, 0.1) is 19.3 Å². The Balaban J connectivity index is 1.17. The van der Waals surface area contributed by atoms with Gasteiger partial charge in [-0.25, -0.2) is 14.0 Å². The van der Waals surface area contributed by atoms with Crippen LogP contribution < -0.4 is 10.1 Å². The summed E-state index contributed by atoms with van der Waals surface area (Å²) < 4.78 is 33.0. The molecule has 0 saturated heterocycles. The molecule has 0 spiro atoms. The molecule has 1 aromatic rings. The van der Waals surface area contributed by atoms with Crippen molar-refractivity contribution in [3.05, 3.63) is 63.7 Å². The van der Waals surface area contributed by atoms with Crippen molar-refractivity contribution in [2.45, 2.75) is 96.1 Å². The molecule has 0 heterocycles. The monoisotopic (exact) mass is 758 g/mol. The molecular weight excluding hydrogens is 711 g/mol. The number of Topliss-reactive ketones (excluding diaryl/α,β-unsaturated/α-hetero) is 1. The Bertz CT molecular complexity index is 1730. The van der Waals surface area contributed by atoms with Crippen molar-refractivity contribution in [3.63, 3.8) is 0 Å². The van der Waals surface area contributed by atoms with Crippen LogP contribution in [0.2, 0.25) is 0 Å². The minimum Gasteiger partial charge on any atom is -0.464 e. The van der Waals surface area contributed by atoms with Gasteiger partial charge in [0.1, 0.15) is 17.4 Å². The van der Waals surface area contributed by atoms with E-state index < -0.39 is 87.5 Å². The molecule has 5 rings (SSSR count). The first-order valence-corrected chi connectivity index (χ1v) is 18.1. The van der Waals surface area contributed by atoms with Gasteiger partial charge < -0.3 is 34.6 Å². The summed E-state index contributed by atoms with van der Waals surface area (Å²) in [6.45, 7) is 5.28. The topological polar surface area (TPSA) is 218 Å². The molecule has 0 radical (unpaired) electrons. The average molecular weight is 759 g/mol. The van der Waals surface area contributed by atoms with Gasteiger partial charge in [0.2, 0.25) is 11.7 Å². The molecule has 16 heteroatoms. The van der Waals surface area contributed by atoms with E-state index in [0.29, 0.717) is 24.0 Å². The number of aliphatic hydroxyl groups excluding tert-OH is 1. The van der Waals surface area contributed by atoms with Crippen LogP contribution in [-0.2, 0) is 39.9 Å². The van der Waals surface area contributed by atoms with E-state index in [1.165, 1.54) is 31.2 Å². The lowest BCUT2D eigenvalue weighted by atomic mass is 9.45. The predicted molar refractivity (Wildman–Crippen MR) is 186 cm³/mol. The number of benzene rings is 1. The van der Waals surface area contributed by atoms with Gasteiger partial charge in [-0.2, -0.15) is 0 Å². The fourth-order valence-electron chi connectivity index (χ4n) is 9.39. The maximum atomic E-state index is 17.4. The molecule has 15 nitrogen and oxygen atoms in total. The van der Waals surface area contributed by atoms with Crippen LogP contribution >= 0.6 is 0 Å². The Morgan fingerprint density at radius 1 is 1.09 bits per heavy atom. The van der Waals surface area contributed by atoms with E-state index >= 15 is 4.39 Å². The van der Waals surface area contributed by atoms with Crippen LogP contribution in [0.25, 0.3) is 0 Å². The second-order valence-electron chi connectivity index (χ2n) is 15.3. The molecule has 0 aliphatic heterocycles. The number of nitrogens with one attached hydrogen (secondary N) is 1. The Kier molecular flexibility index (Phi) is 11.7. The summed E-state index contributed by atoms with van der Waals surface area (Å²) in [5, 5.41) is 35.5. The molecule has 4 aliphatic rings. The van der Waals surface area contributed by atoms with Gasteiger partial charge in [0.25, 0.3) is 5.09 Å². The Morgan fingerprint density at radius 2 is 1.78 bits per heavy atom. The van der Waals surface area contributed by atoms with Crippen LogP contribution in [-0.4, -0.2) is 88.1 Å². The smallest absolute Gasteiger partial charge is 0.464 e. The quantitative estimate of drug-likeness (QED) is 0.0617. The highest BCUT2D eigenvalue weighted by Gasteiger charge is 2.75. The standard InChI is InChI=1S/C38H47FN2O13/c1-22-17-29-28-12-9-25-19-26(43)13-14-35(25,3)37(28,39)31(44)20-36(29,4)38(22,48)32(45)21-52-34(47)54-27-10-7-24(8-11-27)18-30(40-23(2)42)33(46)51-15-5-6-16-53-41(49)50/h7-11,13-14,22,28-31,44,48H,5-6,12,15-21H2,1-4H3,(H,40,42)/t22-,28+,29+,30+,31+,35+,36+,37+,38+/m1/s1. The van der Waals surface area contributed by atoms with Crippen LogP contribution in [0.1, 0.15) is 71.8 Å². The van der Waals surface area contributed by atoms with Gasteiger partial charge in [-0.05, 0) is 74.6 Å². The molecule has 0 unspecified atom stereocenters. The summed E-state index contributed by atoms with van der Waals surface area (Å²) >= 11 is 0. The fourth-order valence-corrected chi connectivity index (χ4v) is 9.39. The van der Waals surface area contributed by atoms with Crippen molar-refractivity contribution < 1.29 is 62.7 Å². The first-order valence-electron chi connectivity index (χ1n) is 18.1. The minimum absolute atomic E-state index is 0.0325. The molecule has 3 N–H and O–H groups in total. The highest BCUT2D eigenvalue weighted by molar-refractivity contribution is 5.94. The van der Waals surface area contributed by atoms with Gasteiger partial charge in [-0.3, -0.25) is 14.4 Å². The Morgan fingerprint density at radius 3 is 2.44 bits per heavy atom. The highest BCUT2D eigenvalue weighted by Crippen LogP contribution is 2.70. The number of halogens is 1. The molecule has 2 saturated carbocycles. The van der Waals surface area contributed by atoms with Crippen LogP contribution in [0.3, 0.4) is 0 Å². The van der Waals surface area contributed by atoms with Crippen LogP contribution in [0, 0.1) is 38.7 Å². The third-order valence-electron chi connectivity index (χ3n) is 12.1. The number of nitrogens with zero attached hydrogens (tertiary/aromatic N) is 1. The van der Waals surface area contributed by atoms with Gasteiger partial charge in [-0.1, -0.05) is 43.7 Å². The lowest BCUT2D eigenvalue weighted by Crippen LogP contribution is -2.69. The maximum Gasteiger partial charge on any atom is 0.514 e. The molecule has 0 bridgehead atoms. The van der Waals surface area contributed by atoms with Crippen molar-refractivity contribution in [1.82, 2.24) is 5.32 Å². The van der Waals surface area contributed by atoms with Crippen molar-refractivity contribution in [1.29, 1.82) is 0 Å². The van der Waals surface area contributed by atoms with E-state index in [2.05, 4.69) is 10.2 Å². The zero-order valence-electron chi connectivity index (χ0n) is 30.7. The van der Waals surface area contributed by atoms with E-state index in [-0.39, 0.29) is 56.9 Å². The average Bonchev–Trinajstić information content (AvgIpc) is 3.31. The maximum absolute atomic E-state index is 17.4. The number of hydrogen-bond acceptors (Lipinski definition) is 13. The number of carbonyl (C=O) groups excluding carboxylic acids is 5. The SMILES string of the molecule is CC(=O)N[C@@H](Cc1ccc(OC(=O)OCC(=O)[C@@]2(O)[C@H](C)C[C@H]3[C@@H]4CC=C5CC(=O)C=C[C@]5(C)[C@@]4(F)[C@@H](O)C[C@@]32C)cc1)C(=O)OCCCCO[N+](=O)[O-]. The van der Waals surface area contributed by atoms with Crippen LogP contribution in [0.15, 0.2) is 48.1 Å². The number of rotatable bonds is 14. The van der Waals surface area contributed by atoms with Gasteiger partial charge in [0, 0.05) is 36.5 Å². The number of aliphatic hydroxyl groups is 2. The van der Waals surface area contributed by atoms with E-state index in [4.69, 9.17) is 14.2 Å². The van der Waals surface area contributed by atoms with Gasteiger partial charge >= 0.3 is 12.1 Å². The number of hydrogen-bond donors (Lipinski definition) is 3. The fraction of sp³-hybridized carbons (Fsp3) is 0.605. The van der Waals surface area contributed by atoms with Gasteiger partial charge in [0.15, 0.2) is 18.1 Å². The molecule has 54 heavy (non-hydrogen) atoms.